The van der Waals surface area contributed by atoms with Crippen LogP contribution in [0.25, 0.3) is 0 Å². The van der Waals surface area contributed by atoms with Crippen LogP contribution >= 0.6 is 0 Å². The molecule has 0 aliphatic carbocycles. The number of unbranched alkanes of at least 4 members (excludes halogenated alkanes) is 37. The van der Waals surface area contributed by atoms with Crippen molar-refractivity contribution in [3.8, 4) is 0 Å². The van der Waals surface area contributed by atoms with Gasteiger partial charge in [0.2, 0.25) is 5.91 Å². The first-order valence-electron chi connectivity index (χ1n) is 29.4. The summed E-state index contributed by atoms with van der Waals surface area (Å²) >= 11 is 0. The number of nitrogens with one attached hydrogen (secondary N) is 1. The van der Waals surface area contributed by atoms with Gasteiger partial charge in [-0.15, -0.1) is 0 Å². The van der Waals surface area contributed by atoms with Gasteiger partial charge in [0.15, 0.2) is 0 Å². The molecule has 2 unspecified atom stereocenters. The number of carbonyl (C=O) groups excluding carboxylic acids is 2. The van der Waals surface area contributed by atoms with Crippen molar-refractivity contribution in [1.29, 1.82) is 0 Å². The molecule has 0 aromatic heterocycles. The third kappa shape index (κ3) is 53.0. The van der Waals surface area contributed by atoms with Crippen molar-refractivity contribution in [2.75, 3.05) is 13.2 Å². The lowest BCUT2D eigenvalue weighted by Gasteiger charge is -2.20. The summed E-state index contributed by atoms with van der Waals surface area (Å²) in [6, 6.07) is -0.642. The van der Waals surface area contributed by atoms with Crippen LogP contribution in [0.15, 0.2) is 48.6 Å². The molecule has 392 valence electrons. The molecule has 0 aliphatic rings. The molecule has 0 rings (SSSR count). The molecule has 0 aromatic carbocycles. The fraction of sp³-hybridized carbons (Fsp3) is 0.836. The summed E-state index contributed by atoms with van der Waals surface area (Å²) in [4.78, 5) is 24.5. The number of ether oxygens (including phenoxy) is 1. The van der Waals surface area contributed by atoms with Crippen LogP contribution in [0.4, 0.5) is 0 Å². The Morgan fingerprint density at radius 3 is 1.19 bits per heavy atom. The van der Waals surface area contributed by atoms with Gasteiger partial charge in [0.05, 0.1) is 25.4 Å². The topological polar surface area (TPSA) is 95.9 Å². The highest BCUT2D eigenvalue weighted by Gasteiger charge is 2.18. The monoisotopic (exact) mass is 940 g/mol. The van der Waals surface area contributed by atoms with Crippen LogP contribution in [-0.2, 0) is 14.3 Å². The zero-order chi connectivity index (χ0) is 48.6. The van der Waals surface area contributed by atoms with Crippen LogP contribution in [0.2, 0.25) is 0 Å². The minimum Gasteiger partial charge on any atom is -0.466 e. The van der Waals surface area contributed by atoms with E-state index in [0.29, 0.717) is 19.4 Å². The Morgan fingerprint density at radius 1 is 0.418 bits per heavy atom. The van der Waals surface area contributed by atoms with Crippen LogP contribution < -0.4 is 5.32 Å². The highest BCUT2D eigenvalue weighted by molar-refractivity contribution is 5.76. The molecule has 6 heteroatoms. The molecule has 0 saturated heterocycles. The third-order valence-electron chi connectivity index (χ3n) is 13.3. The van der Waals surface area contributed by atoms with Crippen molar-refractivity contribution < 1.29 is 24.5 Å². The van der Waals surface area contributed by atoms with E-state index < -0.39 is 12.1 Å². The molecule has 1 amide bonds. The summed E-state index contributed by atoms with van der Waals surface area (Å²) in [5.74, 6) is -0.103. The van der Waals surface area contributed by atoms with E-state index in [-0.39, 0.29) is 18.5 Å². The fourth-order valence-corrected chi connectivity index (χ4v) is 8.76. The van der Waals surface area contributed by atoms with Crippen molar-refractivity contribution >= 4 is 11.9 Å². The lowest BCUT2D eigenvalue weighted by Crippen LogP contribution is -2.45. The Balaban J connectivity index is 3.52. The maximum absolute atomic E-state index is 12.5. The lowest BCUT2D eigenvalue weighted by molar-refractivity contribution is -0.143. The first-order valence-corrected chi connectivity index (χ1v) is 29.4. The van der Waals surface area contributed by atoms with Gasteiger partial charge in [-0.3, -0.25) is 9.59 Å². The predicted molar refractivity (Wildman–Crippen MR) is 292 cm³/mol. The second-order valence-corrected chi connectivity index (χ2v) is 20.0. The van der Waals surface area contributed by atoms with Crippen LogP contribution in [0, 0.1) is 0 Å². The van der Waals surface area contributed by atoms with E-state index in [9.17, 15) is 19.8 Å². The number of hydrogen-bond donors (Lipinski definition) is 3. The maximum Gasteiger partial charge on any atom is 0.305 e. The molecule has 0 radical (unpaired) electrons. The molecule has 0 spiro atoms. The van der Waals surface area contributed by atoms with Gasteiger partial charge in [-0.1, -0.05) is 255 Å². The highest BCUT2D eigenvalue weighted by Crippen LogP contribution is 2.16. The fourth-order valence-electron chi connectivity index (χ4n) is 8.76. The third-order valence-corrected chi connectivity index (χ3v) is 13.3. The smallest absolute Gasteiger partial charge is 0.305 e. The molecule has 67 heavy (non-hydrogen) atoms. The number of carbonyl (C=O) groups is 2. The van der Waals surface area contributed by atoms with E-state index in [4.69, 9.17) is 4.74 Å². The molecule has 0 aliphatic heterocycles. The van der Waals surface area contributed by atoms with E-state index in [1.54, 1.807) is 6.08 Å². The molecule has 3 N–H and O–H groups in total. The largest absolute Gasteiger partial charge is 0.466 e. The minimum atomic E-state index is -0.857. The quantitative estimate of drug-likeness (QED) is 0.0321. The summed E-state index contributed by atoms with van der Waals surface area (Å²) in [5.41, 5.74) is 0. The molecular formula is C61H113NO5. The van der Waals surface area contributed by atoms with E-state index in [1.807, 2.05) is 6.08 Å². The van der Waals surface area contributed by atoms with E-state index in [0.717, 1.165) is 70.6 Å². The number of aliphatic hydroxyl groups excluding tert-OH is 2. The molecule has 2 atom stereocenters. The van der Waals surface area contributed by atoms with Crippen molar-refractivity contribution in [2.45, 2.75) is 315 Å². The molecule has 0 aromatic rings. The first-order chi connectivity index (χ1) is 33.0. The van der Waals surface area contributed by atoms with Crippen molar-refractivity contribution in [2.24, 2.45) is 0 Å². The second kappa shape index (κ2) is 56.4. The molecule has 0 bridgehead atoms. The zero-order valence-corrected chi connectivity index (χ0v) is 44.6. The Morgan fingerprint density at radius 2 is 0.761 bits per heavy atom. The first kappa shape index (κ1) is 64.8. The van der Waals surface area contributed by atoms with Gasteiger partial charge < -0.3 is 20.3 Å². The summed E-state index contributed by atoms with van der Waals surface area (Å²) in [6.07, 6.45) is 71.3. The number of amides is 1. The van der Waals surface area contributed by atoms with Gasteiger partial charge in [0, 0.05) is 12.8 Å². The molecule has 0 fully saturated rings. The zero-order valence-electron chi connectivity index (χ0n) is 44.6. The second-order valence-electron chi connectivity index (χ2n) is 20.0. The Kier molecular flexibility index (Phi) is 54.6. The highest BCUT2D eigenvalue weighted by atomic mass is 16.5. The van der Waals surface area contributed by atoms with E-state index in [1.165, 1.54) is 205 Å². The van der Waals surface area contributed by atoms with Gasteiger partial charge in [-0.05, 0) is 83.5 Å². The summed E-state index contributed by atoms with van der Waals surface area (Å²) in [6.45, 7) is 4.84. The molecule has 6 nitrogen and oxygen atoms in total. The SMILES string of the molecule is CCCC/C=C\C/C=C\CCCCCCCC(=O)OCCCCCCCCC/C=C\CCCCCCCC(=O)NC(CO)C(O)/C=C/CCCCCCCCCCCCCCCCCCCC. The molecular weight excluding hydrogens is 827 g/mol. The molecule has 0 heterocycles. The van der Waals surface area contributed by atoms with Crippen LogP contribution in [0.3, 0.4) is 0 Å². The van der Waals surface area contributed by atoms with Gasteiger partial charge in [0.25, 0.3) is 0 Å². The Labute approximate surface area is 416 Å². The van der Waals surface area contributed by atoms with Gasteiger partial charge >= 0.3 is 5.97 Å². The minimum absolute atomic E-state index is 0.0188. The summed E-state index contributed by atoms with van der Waals surface area (Å²) in [7, 11) is 0. The summed E-state index contributed by atoms with van der Waals surface area (Å²) < 4.78 is 5.46. The Hall–Kier alpha value is -2.18. The number of esters is 1. The van der Waals surface area contributed by atoms with E-state index in [2.05, 4.69) is 55.6 Å². The normalized spacial score (nSPS) is 13.0. The average Bonchev–Trinajstić information content (AvgIpc) is 3.33. The molecule has 0 saturated carbocycles. The van der Waals surface area contributed by atoms with Gasteiger partial charge in [-0.25, -0.2) is 0 Å². The number of rotatable bonds is 54. The van der Waals surface area contributed by atoms with Crippen molar-refractivity contribution in [3.63, 3.8) is 0 Å². The van der Waals surface area contributed by atoms with Crippen LogP contribution in [-0.4, -0.2) is 47.4 Å². The summed E-state index contributed by atoms with van der Waals surface area (Å²) in [5, 5.41) is 23.2. The number of aliphatic hydroxyl groups is 2. The number of allylic oxidation sites excluding steroid dienone is 7. The van der Waals surface area contributed by atoms with Gasteiger partial charge in [0.1, 0.15) is 0 Å². The van der Waals surface area contributed by atoms with Crippen molar-refractivity contribution in [3.05, 3.63) is 48.6 Å². The Bertz CT molecular complexity index is 1130. The standard InChI is InChI=1S/C61H113NO5/c1-3-5-7-9-11-13-15-17-19-20-21-22-23-26-29-33-37-41-45-49-53-59(64)58(57-63)62-60(65)54-50-46-42-38-34-30-27-24-25-28-32-36-40-44-48-52-56-67-61(66)55-51-47-43-39-35-31-18-16-14-12-10-8-6-4-2/h10,12,16,18,24,27,49,53,58-59,63-64H,3-9,11,13-15,17,19-23,25-26,28-48,50-52,54-57H2,1-2H3,(H,62,65)/b12-10-,18-16-,27-24-,53-49+. The van der Waals surface area contributed by atoms with Gasteiger partial charge in [-0.2, -0.15) is 0 Å². The van der Waals surface area contributed by atoms with E-state index >= 15 is 0 Å². The van der Waals surface area contributed by atoms with Crippen LogP contribution in [0.1, 0.15) is 303 Å². The number of hydrogen-bond acceptors (Lipinski definition) is 5. The average molecular weight is 941 g/mol. The predicted octanol–water partition coefficient (Wildman–Crippen LogP) is 18.2. The lowest BCUT2D eigenvalue weighted by atomic mass is 10.0. The van der Waals surface area contributed by atoms with Crippen molar-refractivity contribution in [1.82, 2.24) is 5.32 Å². The maximum atomic E-state index is 12.5. The van der Waals surface area contributed by atoms with Crippen LogP contribution in [0.5, 0.6) is 0 Å².